The molecule has 0 aromatic carbocycles. The van der Waals surface area contributed by atoms with E-state index in [0.29, 0.717) is 12.6 Å². The van der Waals surface area contributed by atoms with Crippen LogP contribution in [0.1, 0.15) is 19.8 Å². The van der Waals surface area contributed by atoms with E-state index < -0.39 is 10.0 Å². The van der Waals surface area contributed by atoms with Crippen LogP contribution in [0.4, 0.5) is 0 Å². The molecule has 3 N–H and O–H groups in total. The van der Waals surface area contributed by atoms with Crippen LogP contribution in [-0.4, -0.2) is 51.3 Å². The third-order valence-electron chi connectivity index (χ3n) is 2.58. The Bertz CT molecular complexity index is 275. The van der Waals surface area contributed by atoms with Gasteiger partial charge in [-0.15, -0.1) is 0 Å². The van der Waals surface area contributed by atoms with E-state index in [1.165, 1.54) is 12.8 Å². The highest BCUT2D eigenvalue weighted by atomic mass is 32.2. The van der Waals surface area contributed by atoms with Crippen molar-refractivity contribution in [3.63, 3.8) is 0 Å². The van der Waals surface area contributed by atoms with E-state index in [4.69, 9.17) is 5.73 Å². The molecule has 0 bridgehead atoms. The summed E-state index contributed by atoms with van der Waals surface area (Å²) in [5.41, 5.74) is 5.20. The fourth-order valence-electron chi connectivity index (χ4n) is 1.61. The molecule has 1 aliphatic carbocycles. The number of nitrogens with two attached hydrogens (primary N) is 1. The van der Waals surface area contributed by atoms with Gasteiger partial charge < -0.3 is 5.73 Å². The average Bonchev–Trinajstić information content (AvgIpc) is 2.95. The molecule has 1 aliphatic rings. The van der Waals surface area contributed by atoms with Gasteiger partial charge in [0.2, 0.25) is 10.0 Å². The molecule has 5 nitrogen and oxygen atoms in total. The smallest absolute Gasteiger partial charge is 0.212 e. The summed E-state index contributed by atoms with van der Waals surface area (Å²) < 4.78 is 25.1. The van der Waals surface area contributed by atoms with Gasteiger partial charge in [0, 0.05) is 25.7 Å². The number of nitrogens with zero attached hydrogens (tertiary/aromatic N) is 1. The van der Waals surface area contributed by atoms with E-state index in [2.05, 4.69) is 16.5 Å². The van der Waals surface area contributed by atoms with Crippen molar-refractivity contribution in [1.82, 2.24) is 9.62 Å². The number of nitrogens with one attached hydrogen (secondary N) is 1. The van der Waals surface area contributed by atoms with Gasteiger partial charge >= 0.3 is 0 Å². The summed E-state index contributed by atoms with van der Waals surface area (Å²) in [5.74, 6) is 0.0164. The average molecular weight is 235 g/mol. The van der Waals surface area contributed by atoms with Gasteiger partial charge in [-0.3, -0.25) is 4.90 Å². The van der Waals surface area contributed by atoms with Gasteiger partial charge in [-0.25, -0.2) is 13.1 Å². The number of hydrogen-bond acceptors (Lipinski definition) is 4. The van der Waals surface area contributed by atoms with Crippen LogP contribution in [-0.2, 0) is 10.0 Å². The van der Waals surface area contributed by atoms with Crippen LogP contribution < -0.4 is 10.5 Å². The Morgan fingerprint density at radius 2 is 2.13 bits per heavy atom. The van der Waals surface area contributed by atoms with Crippen LogP contribution >= 0.6 is 0 Å². The third kappa shape index (κ3) is 4.92. The quantitative estimate of drug-likeness (QED) is 0.586. The van der Waals surface area contributed by atoms with Gasteiger partial charge in [0.1, 0.15) is 0 Å². The second kappa shape index (κ2) is 5.79. The zero-order chi connectivity index (χ0) is 11.3. The topological polar surface area (TPSA) is 75.4 Å². The van der Waals surface area contributed by atoms with Crippen molar-refractivity contribution in [2.45, 2.75) is 25.8 Å². The monoisotopic (exact) mass is 235 g/mol. The first-order valence-corrected chi connectivity index (χ1v) is 7.15. The predicted molar refractivity (Wildman–Crippen MR) is 61.1 cm³/mol. The first kappa shape index (κ1) is 12.9. The van der Waals surface area contributed by atoms with Gasteiger partial charge in [0.05, 0.1) is 5.75 Å². The summed E-state index contributed by atoms with van der Waals surface area (Å²) in [7, 11) is -3.14. The maximum Gasteiger partial charge on any atom is 0.212 e. The Morgan fingerprint density at radius 1 is 1.47 bits per heavy atom. The molecule has 0 aromatic rings. The molecule has 6 heteroatoms. The normalized spacial score (nSPS) is 17.3. The molecule has 1 fully saturated rings. The first-order chi connectivity index (χ1) is 7.09. The summed E-state index contributed by atoms with van der Waals surface area (Å²) in [6.07, 6.45) is 2.51. The second-order valence-corrected chi connectivity index (χ2v) is 5.79. The van der Waals surface area contributed by atoms with Gasteiger partial charge in [-0.05, 0) is 19.4 Å². The van der Waals surface area contributed by atoms with Gasteiger partial charge in [-0.2, -0.15) is 0 Å². The second-order valence-electron chi connectivity index (χ2n) is 3.86. The first-order valence-electron chi connectivity index (χ1n) is 5.50. The zero-order valence-electron chi connectivity index (χ0n) is 9.28. The lowest BCUT2D eigenvalue weighted by Gasteiger charge is -2.19. The van der Waals surface area contributed by atoms with Crippen molar-refractivity contribution in [3.05, 3.63) is 0 Å². The summed E-state index contributed by atoms with van der Waals surface area (Å²) >= 11 is 0. The van der Waals surface area contributed by atoms with E-state index in [0.717, 1.165) is 13.1 Å². The SMILES string of the molecule is CCN(CCNS(=O)(=O)CCN)C1CC1. The lowest BCUT2D eigenvalue weighted by molar-refractivity contribution is 0.282. The van der Waals surface area contributed by atoms with Crippen LogP contribution in [0.15, 0.2) is 0 Å². The van der Waals surface area contributed by atoms with Crippen LogP contribution in [0.3, 0.4) is 0 Å². The van der Waals surface area contributed by atoms with Crippen molar-refractivity contribution >= 4 is 10.0 Å². The summed E-state index contributed by atoms with van der Waals surface area (Å²) in [4.78, 5) is 2.31. The van der Waals surface area contributed by atoms with Crippen LogP contribution in [0.25, 0.3) is 0 Å². The molecule has 1 saturated carbocycles. The molecule has 0 unspecified atom stereocenters. The van der Waals surface area contributed by atoms with Crippen LogP contribution in [0.5, 0.6) is 0 Å². The fourth-order valence-corrected chi connectivity index (χ4v) is 2.47. The molecular formula is C9H21N3O2S. The third-order valence-corrected chi connectivity index (χ3v) is 3.99. The maximum absolute atomic E-state index is 11.3. The van der Waals surface area contributed by atoms with Crippen molar-refractivity contribution in [2.24, 2.45) is 5.73 Å². The number of hydrogen-bond donors (Lipinski definition) is 2. The Morgan fingerprint density at radius 3 is 2.60 bits per heavy atom. The zero-order valence-corrected chi connectivity index (χ0v) is 10.1. The minimum absolute atomic E-state index is 0.0164. The molecule has 0 heterocycles. The molecule has 0 aromatic heterocycles. The molecule has 0 radical (unpaired) electrons. The standard InChI is InChI=1S/C9H21N3O2S/c1-2-12(9-3-4-9)7-6-11-15(13,14)8-5-10/h9,11H,2-8,10H2,1H3. The van der Waals surface area contributed by atoms with Gasteiger partial charge in [0.25, 0.3) is 0 Å². The van der Waals surface area contributed by atoms with E-state index in [1.807, 2.05) is 0 Å². The Labute approximate surface area is 92.1 Å². The largest absolute Gasteiger partial charge is 0.329 e. The molecular weight excluding hydrogens is 214 g/mol. The van der Waals surface area contributed by atoms with Crippen molar-refractivity contribution in [2.75, 3.05) is 31.9 Å². The van der Waals surface area contributed by atoms with Crippen molar-refractivity contribution < 1.29 is 8.42 Å². The van der Waals surface area contributed by atoms with Gasteiger partial charge in [0.15, 0.2) is 0 Å². The molecule has 0 spiro atoms. The number of rotatable bonds is 8. The summed E-state index contributed by atoms with van der Waals surface area (Å²) in [5, 5.41) is 0. The summed E-state index contributed by atoms with van der Waals surface area (Å²) in [6.45, 7) is 4.56. The minimum atomic E-state index is -3.14. The molecule has 1 rings (SSSR count). The highest BCUT2D eigenvalue weighted by Crippen LogP contribution is 2.25. The lowest BCUT2D eigenvalue weighted by atomic mass is 10.4. The Kier molecular flexibility index (Phi) is 4.98. The van der Waals surface area contributed by atoms with Crippen molar-refractivity contribution in [1.29, 1.82) is 0 Å². The molecule has 0 aliphatic heterocycles. The lowest BCUT2D eigenvalue weighted by Crippen LogP contribution is -2.37. The Hall–Kier alpha value is -0.170. The maximum atomic E-state index is 11.3. The summed E-state index contributed by atoms with van der Waals surface area (Å²) in [6, 6.07) is 0.689. The van der Waals surface area contributed by atoms with Crippen molar-refractivity contribution in [3.8, 4) is 0 Å². The fraction of sp³-hybridized carbons (Fsp3) is 1.00. The Balaban J connectivity index is 2.19. The number of sulfonamides is 1. The minimum Gasteiger partial charge on any atom is -0.329 e. The van der Waals surface area contributed by atoms with E-state index >= 15 is 0 Å². The molecule has 0 atom stereocenters. The van der Waals surface area contributed by atoms with Gasteiger partial charge in [-0.1, -0.05) is 6.92 Å². The highest BCUT2D eigenvalue weighted by molar-refractivity contribution is 7.89. The number of likely N-dealkylation sites (N-methyl/N-ethyl adjacent to an activating group) is 1. The van der Waals surface area contributed by atoms with Crippen LogP contribution in [0.2, 0.25) is 0 Å². The predicted octanol–water partition coefficient (Wildman–Crippen LogP) is -0.651. The molecule has 0 saturated heterocycles. The molecule has 15 heavy (non-hydrogen) atoms. The van der Waals surface area contributed by atoms with Crippen LogP contribution in [0, 0.1) is 0 Å². The molecule has 0 amide bonds. The molecule has 90 valence electrons. The highest BCUT2D eigenvalue weighted by Gasteiger charge is 2.27. The van der Waals surface area contributed by atoms with E-state index in [-0.39, 0.29) is 12.3 Å². The van der Waals surface area contributed by atoms with E-state index in [1.54, 1.807) is 0 Å². The van der Waals surface area contributed by atoms with E-state index in [9.17, 15) is 8.42 Å².